The van der Waals surface area contributed by atoms with Crippen LogP contribution in [0, 0.1) is 0 Å². The van der Waals surface area contributed by atoms with Gasteiger partial charge < -0.3 is 19.7 Å². The van der Waals surface area contributed by atoms with Gasteiger partial charge in [-0.2, -0.15) is 0 Å². The molecule has 1 aliphatic heterocycles. The highest BCUT2D eigenvalue weighted by Crippen LogP contribution is 2.43. The first-order valence-electron chi connectivity index (χ1n) is 12.1. The summed E-state index contributed by atoms with van der Waals surface area (Å²) in [5.41, 5.74) is 2.69. The van der Waals surface area contributed by atoms with E-state index < -0.39 is 23.7 Å². The molecule has 1 amide bonds. The number of nitrogens with zero attached hydrogens (tertiary/aromatic N) is 1. The summed E-state index contributed by atoms with van der Waals surface area (Å²) in [4.78, 5) is 39.3. The van der Waals surface area contributed by atoms with Gasteiger partial charge in [-0.05, 0) is 65.1 Å². The van der Waals surface area contributed by atoms with Crippen molar-refractivity contribution in [3.05, 3.63) is 94.6 Å². The van der Waals surface area contributed by atoms with Crippen LogP contribution in [0.2, 0.25) is 0 Å². The van der Waals surface area contributed by atoms with Crippen molar-refractivity contribution in [3.63, 3.8) is 0 Å². The van der Waals surface area contributed by atoms with E-state index in [0.717, 1.165) is 5.56 Å². The lowest BCUT2D eigenvalue weighted by molar-refractivity contribution is -0.136. The summed E-state index contributed by atoms with van der Waals surface area (Å²) >= 11 is 0. The summed E-state index contributed by atoms with van der Waals surface area (Å²) in [5, 5.41) is 20.6. The maximum atomic E-state index is 13.5. The van der Waals surface area contributed by atoms with Crippen LogP contribution in [0.1, 0.15) is 48.1 Å². The van der Waals surface area contributed by atoms with E-state index in [4.69, 9.17) is 14.6 Å². The summed E-state index contributed by atoms with van der Waals surface area (Å²) in [7, 11) is 3.08. The Balaban J connectivity index is 1.91. The topological polar surface area (TPSA) is 113 Å². The van der Waals surface area contributed by atoms with Crippen molar-refractivity contribution in [2.24, 2.45) is 0 Å². The van der Waals surface area contributed by atoms with Crippen LogP contribution in [0.5, 0.6) is 11.5 Å². The van der Waals surface area contributed by atoms with E-state index in [1.54, 1.807) is 73.8 Å². The van der Waals surface area contributed by atoms with Gasteiger partial charge in [-0.15, -0.1) is 0 Å². The number of anilines is 1. The fourth-order valence-corrected chi connectivity index (χ4v) is 4.66. The highest BCUT2D eigenvalue weighted by molar-refractivity contribution is 6.51. The van der Waals surface area contributed by atoms with Gasteiger partial charge in [0.1, 0.15) is 17.3 Å². The smallest absolute Gasteiger partial charge is 0.307 e. The number of hydrogen-bond acceptors (Lipinski definition) is 6. The van der Waals surface area contributed by atoms with Gasteiger partial charge in [-0.1, -0.05) is 38.1 Å². The van der Waals surface area contributed by atoms with E-state index in [2.05, 4.69) is 0 Å². The van der Waals surface area contributed by atoms with E-state index in [9.17, 15) is 19.5 Å². The van der Waals surface area contributed by atoms with Crippen LogP contribution in [0.15, 0.2) is 72.3 Å². The fourth-order valence-electron chi connectivity index (χ4n) is 4.66. The lowest BCUT2D eigenvalue weighted by Crippen LogP contribution is -2.29. The number of hydrogen-bond donors (Lipinski definition) is 2. The SMILES string of the molecule is COc1cccc(C2/C(=C(/O)c3ccc(OC)c(C(C)C)c3)C(=O)C(=O)N2c2ccc(CC(=O)O)cc2)c1. The Kier molecular flexibility index (Phi) is 7.52. The molecular weight excluding hydrogens is 486 g/mol. The molecule has 0 radical (unpaired) electrons. The first kappa shape index (κ1) is 26.5. The van der Waals surface area contributed by atoms with Gasteiger partial charge in [0.15, 0.2) is 0 Å². The van der Waals surface area contributed by atoms with Crippen LogP contribution < -0.4 is 14.4 Å². The van der Waals surface area contributed by atoms with Crippen molar-refractivity contribution in [1.82, 2.24) is 0 Å². The molecule has 0 aliphatic carbocycles. The van der Waals surface area contributed by atoms with Crippen molar-refractivity contribution in [3.8, 4) is 11.5 Å². The standard InChI is InChI=1S/C30H29NO7/c1-17(2)23-16-20(10-13-24(23)38-4)28(34)26-27(19-6-5-7-22(15-19)37-3)31(30(36)29(26)35)21-11-8-18(9-12-21)14-25(32)33/h5-13,15-17,27,34H,14H2,1-4H3,(H,32,33)/b28-26-. The number of carbonyl (C=O) groups excluding carboxylic acids is 2. The van der Waals surface area contributed by atoms with Gasteiger partial charge in [0, 0.05) is 11.3 Å². The third-order valence-corrected chi connectivity index (χ3v) is 6.55. The number of aliphatic hydroxyl groups excluding tert-OH is 1. The summed E-state index contributed by atoms with van der Waals surface area (Å²) in [6.45, 7) is 3.98. The Morgan fingerprint density at radius 3 is 2.26 bits per heavy atom. The number of aliphatic hydroxyl groups is 1. The molecule has 1 unspecified atom stereocenters. The maximum absolute atomic E-state index is 13.5. The van der Waals surface area contributed by atoms with Gasteiger partial charge in [-0.3, -0.25) is 19.3 Å². The largest absolute Gasteiger partial charge is 0.507 e. The molecule has 38 heavy (non-hydrogen) atoms. The van der Waals surface area contributed by atoms with Crippen molar-refractivity contribution >= 4 is 29.1 Å². The van der Waals surface area contributed by atoms with E-state index in [0.29, 0.717) is 33.9 Å². The zero-order valence-electron chi connectivity index (χ0n) is 21.6. The van der Waals surface area contributed by atoms with Gasteiger partial charge in [0.2, 0.25) is 0 Å². The normalized spacial score (nSPS) is 16.7. The lowest BCUT2D eigenvalue weighted by atomic mass is 9.93. The number of methoxy groups -OCH3 is 2. The monoisotopic (exact) mass is 515 g/mol. The molecule has 0 bridgehead atoms. The predicted octanol–water partition coefficient (Wildman–Crippen LogP) is 5.08. The number of benzene rings is 3. The fraction of sp³-hybridized carbons (Fsp3) is 0.233. The number of ether oxygens (including phenoxy) is 2. The van der Waals surface area contributed by atoms with Crippen LogP contribution in [-0.2, 0) is 20.8 Å². The number of aliphatic carboxylic acids is 1. The van der Waals surface area contributed by atoms with Gasteiger partial charge in [0.25, 0.3) is 11.7 Å². The number of ketones is 1. The van der Waals surface area contributed by atoms with Crippen LogP contribution in [-0.4, -0.2) is 42.1 Å². The average Bonchev–Trinajstić information content (AvgIpc) is 3.18. The van der Waals surface area contributed by atoms with E-state index in [1.807, 2.05) is 13.8 Å². The predicted molar refractivity (Wildman–Crippen MR) is 143 cm³/mol. The number of carboxylic acids is 1. The molecule has 1 heterocycles. The number of Topliss-reactive ketones (excluding diaryl/α,β-unsaturated/α-hetero) is 1. The van der Waals surface area contributed by atoms with E-state index in [-0.39, 0.29) is 23.7 Å². The molecule has 3 aromatic rings. The first-order valence-corrected chi connectivity index (χ1v) is 12.1. The molecule has 196 valence electrons. The first-order chi connectivity index (χ1) is 18.2. The summed E-state index contributed by atoms with van der Waals surface area (Å²) in [5.74, 6) is -1.65. The molecule has 1 saturated heterocycles. The highest BCUT2D eigenvalue weighted by Gasteiger charge is 2.47. The van der Waals surface area contributed by atoms with Crippen molar-refractivity contribution < 1.29 is 34.1 Å². The number of carboxylic acid groups (broad SMARTS) is 1. The third kappa shape index (κ3) is 4.98. The highest BCUT2D eigenvalue weighted by atomic mass is 16.5. The Hall–Kier alpha value is -4.59. The van der Waals surface area contributed by atoms with Crippen molar-refractivity contribution in [2.45, 2.75) is 32.2 Å². The number of carbonyl (C=O) groups is 3. The molecule has 1 aliphatic rings. The van der Waals surface area contributed by atoms with Crippen LogP contribution >= 0.6 is 0 Å². The molecule has 8 nitrogen and oxygen atoms in total. The molecule has 0 spiro atoms. The summed E-state index contributed by atoms with van der Waals surface area (Å²) in [6.07, 6.45) is -0.173. The van der Waals surface area contributed by atoms with Crippen molar-refractivity contribution in [2.75, 3.05) is 19.1 Å². The molecule has 8 heteroatoms. The Morgan fingerprint density at radius 1 is 0.947 bits per heavy atom. The second-order valence-corrected chi connectivity index (χ2v) is 9.29. The zero-order chi connectivity index (χ0) is 27.6. The molecule has 1 fully saturated rings. The van der Waals surface area contributed by atoms with Crippen LogP contribution in [0.25, 0.3) is 5.76 Å². The Labute approximate surface area is 220 Å². The number of rotatable bonds is 8. The zero-order valence-corrected chi connectivity index (χ0v) is 21.6. The van der Waals surface area contributed by atoms with Crippen molar-refractivity contribution in [1.29, 1.82) is 0 Å². The second-order valence-electron chi connectivity index (χ2n) is 9.29. The Morgan fingerprint density at radius 2 is 1.66 bits per heavy atom. The molecule has 0 aromatic heterocycles. The van der Waals surface area contributed by atoms with Crippen LogP contribution in [0.3, 0.4) is 0 Å². The Bertz CT molecular complexity index is 1420. The maximum Gasteiger partial charge on any atom is 0.307 e. The molecule has 3 aromatic carbocycles. The molecule has 4 rings (SSSR count). The minimum absolute atomic E-state index is 0.0576. The number of amides is 1. The molecule has 2 N–H and O–H groups in total. The minimum atomic E-state index is -0.977. The van der Waals surface area contributed by atoms with Crippen LogP contribution in [0.4, 0.5) is 5.69 Å². The van der Waals surface area contributed by atoms with Gasteiger partial charge >= 0.3 is 5.97 Å². The van der Waals surface area contributed by atoms with Gasteiger partial charge in [-0.25, -0.2) is 0 Å². The molecular formula is C30H29NO7. The average molecular weight is 516 g/mol. The lowest BCUT2D eigenvalue weighted by Gasteiger charge is -2.26. The minimum Gasteiger partial charge on any atom is -0.507 e. The van der Waals surface area contributed by atoms with E-state index >= 15 is 0 Å². The molecule has 1 atom stereocenters. The van der Waals surface area contributed by atoms with E-state index in [1.165, 1.54) is 12.0 Å². The summed E-state index contributed by atoms with van der Waals surface area (Å²) in [6, 6.07) is 17.5. The second kappa shape index (κ2) is 10.8. The molecule has 0 saturated carbocycles. The quantitative estimate of drug-likeness (QED) is 0.244. The summed E-state index contributed by atoms with van der Waals surface area (Å²) < 4.78 is 10.8. The third-order valence-electron chi connectivity index (χ3n) is 6.55. The van der Waals surface area contributed by atoms with Gasteiger partial charge in [0.05, 0.1) is 32.3 Å².